The van der Waals surface area contributed by atoms with Crippen LogP contribution in [0.4, 0.5) is 27.1 Å². The van der Waals surface area contributed by atoms with Crippen molar-refractivity contribution in [2.45, 2.75) is 141 Å². The van der Waals surface area contributed by atoms with Crippen LogP contribution in [0.15, 0.2) is 172 Å². The number of sulfonamides is 3. The van der Waals surface area contributed by atoms with E-state index in [4.69, 9.17) is 10.8 Å². The Kier molecular flexibility index (Phi) is 33.2. The van der Waals surface area contributed by atoms with Crippen LogP contribution in [0.5, 0.6) is 11.5 Å². The summed E-state index contributed by atoms with van der Waals surface area (Å²) >= 11 is 0. The first-order chi connectivity index (χ1) is 61.2. The van der Waals surface area contributed by atoms with E-state index in [0.717, 1.165) is 154 Å². The molecule has 0 spiro atoms. The lowest BCUT2D eigenvalue weighted by Crippen LogP contribution is -2.48. The Morgan fingerprint density at radius 3 is 1.25 bits per heavy atom. The fourth-order valence-electron chi connectivity index (χ4n) is 17.8. The number of benzene rings is 6. The number of rotatable bonds is 34. The van der Waals surface area contributed by atoms with E-state index in [2.05, 4.69) is 51.9 Å². The number of halogens is 1. The zero-order valence-electron chi connectivity index (χ0n) is 73.4. The predicted octanol–water partition coefficient (Wildman–Crippen LogP) is 13.2. The number of nitrogens with one attached hydrogen (secondary N) is 2. The van der Waals surface area contributed by atoms with Gasteiger partial charge in [-0.3, -0.25) is 28.4 Å². The van der Waals surface area contributed by atoms with E-state index in [1.54, 1.807) is 41.3 Å². The molecule has 33 heteroatoms. The van der Waals surface area contributed by atoms with E-state index in [0.29, 0.717) is 121 Å². The van der Waals surface area contributed by atoms with Gasteiger partial charge >= 0.3 is 5.97 Å². The number of aromatic carboxylic acids is 1. The third-order valence-corrected chi connectivity index (χ3v) is 28.6. The molecule has 14 rings (SSSR count). The number of ketones is 1. The zero-order valence-corrected chi connectivity index (χ0v) is 75.7. The molecule has 682 valence electrons. The van der Waals surface area contributed by atoms with Gasteiger partial charge in [-0.2, -0.15) is 8.61 Å². The molecule has 8 aromatic rings. The number of nitrogens with zero attached hydrogens (tertiary/aromatic N) is 8. The number of nitrogens with two attached hydrogens (primary N) is 1. The molecule has 2 aliphatic carbocycles. The molecule has 6 aromatic carbocycles. The second-order valence-electron chi connectivity index (χ2n) is 32.7. The molecule has 28 nitrogen and oxygen atoms in total. The Morgan fingerprint density at radius 2 is 0.906 bits per heavy atom. The Bertz CT molecular complexity index is 5840. The summed E-state index contributed by atoms with van der Waals surface area (Å²) in [5, 5.41) is 22.3. The van der Waals surface area contributed by atoms with Gasteiger partial charge < -0.3 is 53.9 Å². The summed E-state index contributed by atoms with van der Waals surface area (Å²) in [5.74, 6) is -1.06. The molecule has 6 heterocycles. The molecule has 4 saturated heterocycles. The molecular weight excluding hydrogens is 1700 g/mol. The number of hydrogen-bond donors (Lipinski definition) is 4. The number of carbonyl (C=O) groups excluding carboxylic acids is 5. The summed E-state index contributed by atoms with van der Waals surface area (Å²) in [7, 11) is -14.6. The van der Waals surface area contributed by atoms with Gasteiger partial charge in [0.05, 0.1) is 55.0 Å². The highest BCUT2D eigenvalue weighted by atomic mass is 32.2. The highest BCUT2D eigenvalue weighted by Gasteiger charge is 2.34. The lowest BCUT2D eigenvalue weighted by atomic mass is 9.81. The average molecular weight is 1820 g/mol. The lowest BCUT2D eigenvalue weighted by Gasteiger charge is -2.36. The molecule has 4 amide bonds. The van der Waals surface area contributed by atoms with Gasteiger partial charge in [0, 0.05) is 147 Å². The molecule has 6 aliphatic rings. The van der Waals surface area contributed by atoms with E-state index in [-0.39, 0.29) is 84.4 Å². The van der Waals surface area contributed by atoms with Crippen molar-refractivity contribution < 1.29 is 82.8 Å². The second kappa shape index (κ2) is 44.3. The number of primary sulfonamides is 1. The number of fused-ring (bicyclic) bond motifs is 2. The number of sulfone groups is 1. The summed E-state index contributed by atoms with van der Waals surface area (Å²) < 4.78 is 129. The van der Waals surface area contributed by atoms with Gasteiger partial charge in [0.1, 0.15) is 43.6 Å². The molecule has 6 fully saturated rings. The number of carboxylic acid groups (broad SMARTS) is 1. The minimum atomic E-state index is -3.69. The number of ether oxygens (including phenoxy) is 2. The fraction of sp³-hybridized carbons (Fsp3) is 0.426. The van der Waals surface area contributed by atoms with Gasteiger partial charge in [-0.25, -0.2) is 43.6 Å². The standard InChI is InChI=1S/C47H57N5O8S2.C43H51N5O7S.C3H7NO2S.CH3F/c1-4-6-22-48-44(54)31-52-42-30-36(43(53)33-62(58,59)28-5-2)16-20-40(42)46(34-11-8-7-9-12-34)47(52)35-14-18-39(19-15-35)60-32-37-29-38(51-23-10-13-45(51)55)17-21-41(37)49-24-26-50(27-25-49)61(3,56)57;1-3-4-20-44-39(49)28-48-38-27-32(43(51)52)14-18-36(38)41(30-9-6-5-7-10-30)42(48)31-12-16-35(17-13-31)55-29-33-26-34(47-21-8-11-40(47)50)15-19-37(33)45-22-24-46(25-23-45)56(2,53)54;1-2-3-7(4,5)6;1-2/h4-5,14-21,29-30,34H,1-2,6-13,22-28,31-33H2,3H3,(H,48,54);3,12-19,26-27,30H,1,4-11,20-25,28-29H2,2H3,(H,44,49)(H,51,52);2H,1,3H2,(H2,4,5,6);1H3/i;;;1D. The first-order valence-corrected chi connectivity index (χ1v) is 50.3. The molecule has 0 unspecified atom stereocenters. The maximum Gasteiger partial charge on any atom is 0.335 e. The van der Waals surface area contributed by atoms with Crippen LogP contribution in [0.25, 0.3) is 44.3 Å². The fourth-order valence-corrected chi connectivity index (χ4v) is 20.8. The third-order valence-electron chi connectivity index (χ3n) is 23.9. The van der Waals surface area contributed by atoms with Gasteiger partial charge in [0.15, 0.2) is 15.6 Å². The van der Waals surface area contributed by atoms with Gasteiger partial charge in [-0.15, -0.1) is 26.3 Å². The van der Waals surface area contributed by atoms with Crippen molar-refractivity contribution in [1.29, 1.82) is 0 Å². The first-order valence-electron chi connectivity index (χ1n) is 43.8. The number of aromatic nitrogens is 2. The maximum absolute atomic E-state index is 13.6. The minimum Gasteiger partial charge on any atom is -0.489 e. The van der Waals surface area contributed by atoms with Gasteiger partial charge in [-0.1, -0.05) is 81.0 Å². The normalized spacial score (nSPS) is 16.5. The Morgan fingerprint density at radius 1 is 0.512 bits per heavy atom. The maximum atomic E-state index is 13.6. The van der Waals surface area contributed by atoms with E-state index in [1.165, 1.54) is 39.7 Å². The molecule has 5 N–H and O–H groups in total. The number of anilines is 4. The van der Waals surface area contributed by atoms with Crippen molar-refractivity contribution >= 4 is 120 Å². The van der Waals surface area contributed by atoms with Crippen LogP contribution in [0.3, 0.4) is 0 Å². The van der Waals surface area contributed by atoms with Crippen LogP contribution in [0, 0.1) is 0 Å². The van der Waals surface area contributed by atoms with Crippen LogP contribution in [-0.4, -0.2) is 207 Å². The Labute approximate surface area is 746 Å². The molecule has 4 aliphatic heterocycles. The monoisotopic (exact) mass is 1820 g/mol. The van der Waals surface area contributed by atoms with Crippen LogP contribution in [-0.2, 0) is 85.4 Å². The van der Waals surface area contributed by atoms with Gasteiger partial charge in [0.25, 0.3) is 0 Å². The number of carbonyl (C=O) groups is 6. The molecule has 0 atom stereocenters. The number of Topliss-reactive ketones (excluding diaryl/α,β-unsaturated/α-hetero) is 1. The lowest BCUT2D eigenvalue weighted by molar-refractivity contribution is -0.122. The van der Waals surface area contributed by atoms with E-state index in [1.807, 2.05) is 111 Å². The Hall–Kier alpha value is -10.8. The third kappa shape index (κ3) is 25.2. The second-order valence-corrected chi connectivity index (χ2v) is 40.5. The minimum absolute atomic E-state index is 0.0164. The van der Waals surface area contributed by atoms with E-state index < -0.39 is 64.6 Å². The molecular formula is C94H118FN11O17S4. The smallest absolute Gasteiger partial charge is 0.335 e. The van der Waals surface area contributed by atoms with Crippen molar-refractivity contribution in [1.82, 2.24) is 28.4 Å². The SMILES string of the molecule is C=CCCNC(=O)Cn1c(-c2ccc(OCc3cc(N4CCCC4=O)ccc3N3CCN(S(C)(=O)=O)CC3)cc2)c(C2CCCCC2)c2ccc(C(=O)CS(=O)(=O)CC=C)cc21.C=CCCNC(=O)Cn1c(-c2ccc(OCc3cc(N4CCCC4=O)ccc3N3CCN(S(C)(=O)=O)CC3)cc2)c(C2CCCCC2)c2ccc(C(=O)O)cc21.C=CCS(N)(=O)=O.[2H]CF. The molecule has 2 aromatic heterocycles. The largest absolute Gasteiger partial charge is 0.489 e. The van der Waals surface area contributed by atoms with Crippen LogP contribution in [0.2, 0.25) is 0 Å². The molecule has 0 bridgehead atoms. The van der Waals surface area contributed by atoms with Crippen molar-refractivity contribution in [2.24, 2.45) is 5.14 Å². The summed E-state index contributed by atoms with van der Waals surface area (Å²) in [4.78, 5) is 85.9. The van der Waals surface area contributed by atoms with Crippen LogP contribution in [0.1, 0.15) is 159 Å². The topological polar surface area (TPSA) is 357 Å². The molecule has 127 heavy (non-hydrogen) atoms. The summed E-state index contributed by atoms with van der Waals surface area (Å²) in [6.07, 6.45) is 23.1. The van der Waals surface area contributed by atoms with Crippen LogP contribution < -0.4 is 44.8 Å². The summed E-state index contributed by atoms with van der Waals surface area (Å²) in [6, 6.07) is 38.1. The molecule has 0 radical (unpaired) electrons. The number of piperazine rings is 2. The number of carboxylic acids is 1. The first kappa shape index (κ1) is 95.3. The van der Waals surface area contributed by atoms with Gasteiger partial charge in [-0.05, 0) is 189 Å². The van der Waals surface area contributed by atoms with Crippen molar-refractivity contribution in [3.63, 3.8) is 0 Å². The number of alkyl halides is 1. The van der Waals surface area contributed by atoms with Crippen LogP contribution >= 0.6 is 0 Å². The molecule has 2 saturated carbocycles. The number of amides is 4. The highest BCUT2D eigenvalue weighted by Crippen LogP contribution is 2.48. The van der Waals surface area contributed by atoms with Gasteiger partial charge in [0.2, 0.25) is 53.7 Å². The highest BCUT2D eigenvalue weighted by molar-refractivity contribution is 7.92. The zero-order chi connectivity index (χ0) is 92.0. The van der Waals surface area contributed by atoms with E-state index in [9.17, 15) is 71.9 Å². The van der Waals surface area contributed by atoms with Crippen molar-refractivity contribution in [2.75, 3.05) is 135 Å². The average Bonchev–Trinajstić information content (AvgIpc) is 1.59. The van der Waals surface area contributed by atoms with Crippen molar-refractivity contribution in [3.8, 4) is 34.0 Å². The summed E-state index contributed by atoms with van der Waals surface area (Å²) in [6.45, 7) is 20.5. The quantitative estimate of drug-likeness (QED) is 0.0165. The Balaban J connectivity index is 0.000000225. The van der Waals surface area contributed by atoms with E-state index >= 15 is 0 Å². The summed E-state index contributed by atoms with van der Waals surface area (Å²) in [5.41, 5.74) is 12.9. The predicted molar refractivity (Wildman–Crippen MR) is 499 cm³/mol. The van der Waals surface area contributed by atoms with Crippen molar-refractivity contribution in [3.05, 3.63) is 205 Å². The number of hydrogen-bond acceptors (Lipinski definition) is 18.